The third kappa shape index (κ3) is 8.20. The molecular formula is C19H28. The molecule has 0 aromatic carbocycles. The largest absolute Gasteiger partial charge is 0.0991 e. The van der Waals surface area contributed by atoms with Crippen LogP contribution in [-0.4, -0.2) is 0 Å². The van der Waals surface area contributed by atoms with Gasteiger partial charge in [-0.15, -0.1) is 0 Å². The van der Waals surface area contributed by atoms with Gasteiger partial charge in [0.15, 0.2) is 0 Å². The van der Waals surface area contributed by atoms with Gasteiger partial charge in [-0.1, -0.05) is 89.5 Å². The van der Waals surface area contributed by atoms with Gasteiger partial charge in [-0.25, -0.2) is 0 Å². The lowest BCUT2D eigenvalue weighted by atomic mass is 9.93. The number of hydrogen-bond donors (Lipinski definition) is 0. The van der Waals surface area contributed by atoms with Crippen molar-refractivity contribution in [2.45, 2.75) is 33.6 Å². The zero-order chi connectivity index (χ0) is 14.8. The average Bonchev–Trinajstić information content (AvgIpc) is 2.38. The Morgan fingerprint density at radius 3 is 2.00 bits per heavy atom. The minimum atomic E-state index is 0.517. The first-order valence-corrected chi connectivity index (χ1v) is 6.92. The summed E-state index contributed by atoms with van der Waals surface area (Å²) in [5.74, 6) is 1.27. The van der Waals surface area contributed by atoms with Crippen molar-refractivity contribution >= 4 is 0 Å². The average molecular weight is 256 g/mol. The topological polar surface area (TPSA) is 0 Å². The first-order valence-electron chi connectivity index (χ1n) is 6.92. The highest BCUT2D eigenvalue weighted by atomic mass is 14.1. The molecular weight excluding hydrogens is 228 g/mol. The van der Waals surface area contributed by atoms with Crippen molar-refractivity contribution in [3.05, 3.63) is 73.4 Å². The minimum absolute atomic E-state index is 0.517. The Morgan fingerprint density at radius 2 is 1.47 bits per heavy atom. The standard InChI is InChI=1S/C19H28/c1-8-9-10-16(4)18(6)13-14-19(7)17(5)12-11-15(2)3/h8-10,13-15,17H,1,4,6-7,11-12H2,2-3,5H3/b10-9-,14-13-. The van der Waals surface area contributed by atoms with Crippen LogP contribution in [-0.2, 0) is 0 Å². The Hall–Kier alpha value is -1.56. The monoisotopic (exact) mass is 256 g/mol. The molecule has 0 radical (unpaired) electrons. The Morgan fingerprint density at radius 1 is 0.895 bits per heavy atom. The molecule has 1 atom stereocenters. The fourth-order valence-electron chi connectivity index (χ4n) is 1.54. The molecule has 0 aromatic rings. The maximum Gasteiger partial charge on any atom is -0.0196 e. The molecule has 0 fully saturated rings. The van der Waals surface area contributed by atoms with Crippen molar-refractivity contribution in [1.29, 1.82) is 0 Å². The highest BCUT2D eigenvalue weighted by Crippen LogP contribution is 2.20. The molecule has 0 nitrogen and oxygen atoms in total. The SMILES string of the molecule is C=C/C=C\C(=C)C(=C)/C=C\C(=C)C(C)CCC(C)C. The predicted octanol–water partition coefficient (Wildman–Crippen LogP) is 6.03. The molecule has 0 heterocycles. The quantitative estimate of drug-likeness (QED) is 0.442. The first kappa shape index (κ1) is 17.4. The van der Waals surface area contributed by atoms with E-state index in [1.165, 1.54) is 12.8 Å². The van der Waals surface area contributed by atoms with E-state index in [0.29, 0.717) is 5.92 Å². The molecule has 0 saturated heterocycles. The second-order valence-electron chi connectivity index (χ2n) is 5.43. The van der Waals surface area contributed by atoms with Gasteiger partial charge in [-0.2, -0.15) is 0 Å². The van der Waals surface area contributed by atoms with Crippen LogP contribution >= 0.6 is 0 Å². The second kappa shape index (κ2) is 9.38. The van der Waals surface area contributed by atoms with Crippen LogP contribution in [0.3, 0.4) is 0 Å². The van der Waals surface area contributed by atoms with E-state index in [1.807, 2.05) is 18.2 Å². The van der Waals surface area contributed by atoms with Crippen LogP contribution in [0.15, 0.2) is 73.4 Å². The molecule has 0 amide bonds. The summed E-state index contributed by atoms with van der Waals surface area (Å²) in [5.41, 5.74) is 2.97. The van der Waals surface area contributed by atoms with Gasteiger partial charge in [0.05, 0.1) is 0 Å². The third-order valence-corrected chi connectivity index (χ3v) is 3.15. The zero-order valence-corrected chi connectivity index (χ0v) is 12.8. The van der Waals surface area contributed by atoms with Gasteiger partial charge in [-0.05, 0) is 29.4 Å². The van der Waals surface area contributed by atoms with E-state index < -0.39 is 0 Å². The van der Waals surface area contributed by atoms with E-state index in [1.54, 1.807) is 6.08 Å². The van der Waals surface area contributed by atoms with Crippen molar-refractivity contribution in [3.8, 4) is 0 Å². The molecule has 0 rings (SSSR count). The summed E-state index contributed by atoms with van der Waals surface area (Å²) in [7, 11) is 0. The molecule has 0 aliphatic heterocycles. The Labute approximate surface area is 119 Å². The van der Waals surface area contributed by atoms with Gasteiger partial charge >= 0.3 is 0 Å². The molecule has 0 aromatic heterocycles. The van der Waals surface area contributed by atoms with E-state index in [9.17, 15) is 0 Å². The summed E-state index contributed by atoms with van der Waals surface area (Å²) in [6.07, 6.45) is 12.0. The van der Waals surface area contributed by atoms with Crippen molar-refractivity contribution in [3.63, 3.8) is 0 Å². The van der Waals surface area contributed by atoms with Crippen LogP contribution in [0.4, 0.5) is 0 Å². The minimum Gasteiger partial charge on any atom is -0.0991 e. The fourth-order valence-corrected chi connectivity index (χ4v) is 1.54. The van der Waals surface area contributed by atoms with Crippen molar-refractivity contribution in [2.24, 2.45) is 11.8 Å². The van der Waals surface area contributed by atoms with Gasteiger partial charge in [0, 0.05) is 0 Å². The maximum absolute atomic E-state index is 4.13. The third-order valence-electron chi connectivity index (χ3n) is 3.15. The van der Waals surface area contributed by atoms with Crippen molar-refractivity contribution in [2.75, 3.05) is 0 Å². The van der Waals surface area contributed by atoms with Gasteiger partial charge in [0.1, 0.15) is 0 Å². The summed E-state index contributed by atoms with van der Waals surface area (Å²) in [6.45, 7) is 22.5. The van der Waals surface area contributed by atoms with Gasteiger partial charge in [0.25, 0.3) is 0 Å². The highest BCUT2D eigenvalue weighted by Gasteiger charge is 2.05. The van der Waals surface area contributed by atoms with Crippen molar-refractivity contribution < 1.29 is 0 Å². The van der Waals surface area contributed by atoms with Gasteiger partial charge in [-0.3, -0.25) is 0 Å². The molecule has 0 aliphatic rings. The smallest absolute Gasteiger partial charge is 0.0196 e. The predicted molar refractivity (Wildman–Crippen MR) is 89.1 cm³/mol. The normalized spacial score (nSPS) is 13.1. The van der Waals surface area contributed by atoms with E-state index in [0.717, 1.165) is 22.6 Å². The van der Waals surface area contributed by atoms with E-state index in [2.05, 4.69) is 53.2 Å². The first-order chi connectivity index (χ1) is 8.88. The summed E-state index contributed by atoms with van der Waals surface area (Å²) >= 11 is 0. The summed E-state index contributed by atoms with van der Waals surface area (Å²) in [4.78, 5) is 0. The molecule has 1 unspecified atom stereocenters. The fraction of sp³-hybridized carbons (Fsp3) is 0.368. The Balaban J connectivity index is 4.34. The second-order valence-corrected chi connectivity index (χ2v) is 5.43. The van der Waals surface area contributed by atoms with Crippen molar-refractivity contribution in [1.82, 2.24) is 0 Å². The number of allylic oxidation sites excluding steroid dienone is 8. The summed E-state index contributed by atoms with van der Waals surface area (Å²) in [6, 6.07) is 0. The van der Waals surface area contributed by atoms with E-state index in [-0.39, 0.29) is 0 Å². The molecule has 0 bridgehead atoms. The summed E-state index contributed by atoms with van der Waals surface area (Å²) in [5, 5.41) is 0. The van der Waals surface area contributed by atoms with Crippen LogP contribution in [0, 0.1) is 11.8 Å². The lowest BCUT2D eigenvalue weighted by Gasteiger charge is -2.13. The van der Waals surface area contributed by atoms with Crippen LogP contribution in [0.1, 0.15) is 33.6 Å². The van der Waals surface area contributed by atoms with Crippen LogP contribution < -0.4 is 0 Å². The van der Waals surface area contributed by atoms with E-state index in [4.69, 9.17) is 0 Å². The van der Waals surface area contributed by atoms with Crippen LogP contribution in [0.25, 0.3) is 0 Å². The lowest BCUT2D eigenvalue weighted by Crippen LogP contribution is -1.99. The Bertz CT molecular complexity index is 388. The maximum atomic E-state index is 4.13. The van der Waals surface area contributed by atoms with Gasteiger partial charge in [0.2, 0.25) is 0 Å². The number of hydrogen-bond acceptors (Lipinski definition) is 0. The van der Waals surface area contributed by atoms with Crippen LogP contribution in [0.5, 0.6) is 0 Å². The molecule has 104 valence electrons. The lowest BCUT2D eigenvalue weighted by molar-refractivity contribution is 0.494. The van der Waals surface area contributed by atoms with Gasteiger partial charge < -0.3 is 0 Å². The van der Waals surface area contributed by atoms with E-state index >= 15 is 0 Å². The highest BCUT2D eigenvalue weighted by molar-refractivity contribution is 5.44. The molecule has 0 N–H and O–H groups in total. The molecule has 0 heteroatoms. The number of rotatable bonds is 9. The van der Waals surface area contributed by atoms with Crippen LogP contribution in [0.2, 0.25) is 0 Å². The molecule has 19 heavy (non-hydrogen) atoms. The summed E-state index contributed by atoms with van der Waals surface area (Å²) < 4.78 is 0. The molecule has 0 saturated carbocycles. The zero-order valence-electron chi connectivity index (χ0n) is 12.8. The Kier molecular flexibility index (Phi) is 8.61. The molecule has 0 spiro atoms. The molecule has 0 aliphatic carbocycles.